The SMILES string of the molecule is COc1ccc(N2Cc3ccc(CN4Cc5ccc(C(=O)O)cc5C4=O)cc3C2=O)cc1OC(C)CCc1ccccc1. The molecule has 8 heteroatoms. The third kappa shape index (κ3) is 5.68. The lowest BCUT2D eigenvalue weighted by Crippen LogP contribution is -2.24. The van der Waals surface area contributed by atoms with E-state index in [0.29, 0.717) is 47.9 Å². The number of carboxylic acid groups (broad SMARTS) is 1. The Morgan fingerprint density at radius 1 is 0.837 bits per heavy atom. The number of methoxy groups -OCH3 is 1. The van der Waals surface area contributed by atoms with Crippen molar-refractivity contribution in [3.63, 3.8) is 0 Å². The number of rotatable bonds is 10. The van der Waals surface area contributed by atoms with Gasteiger partial charge in [0.1, 0.15) is 0 Å². The topological polar surface area (TPSA) is 96.4 Å². The largest absolute Gasteiger partial charge is 0.493 e. The quantitative estimate of drug-likeness (QED) is 0.245. The molecule has 8 nitrogen and oxygen atoms in total. The van der Waals surface area contributed by atoms with Crippen LogP contribution in [0.2, 0.25) is 0 Å². The number of benzene rings is 4. The molecule has 1 N–H and O–H groups in total. The van der Waals surface area contributed by atoms with E-state index in [-0.39, 0.29) is 23.5 Å². The van der Waals surface area contributed by atoms with Crippen molar-refractivity contribution in [3.8, 4) is 11.5 Å². The molecule has 6 rings (SSSR count). The fourth-order valence-corrected chi connectivity index (χ4v) is 5.71. The molecular weight excluding hydrogens is 544 g/mol. The first-order valence-electron chi connectivity index (χ1n) is 14.3. The summed E-state index contributed by atoms with van der Waals surface area (Å²) in [5.74, 6) is -0.205. The third-order valence-corrected chi connectivity index (χ3v) is 8.06. The Morgan fingerprint density at radius 3 is 2.35 bits per heavy atom. The molecular formula is C35H32N2O6. The predicted molar refractivity (Wildman–Crippen MR) is 162 cm³/mol. The number of fused-ring (bicyclic) bond motifs is 2. The number of hydrogen-bond donors (Lipinski definition) is 1. The lowest BCUT2D eigenvalue weighted by atomic mass is 10.1. The number of carbonyl (C=O) groups is 3. The van der Waals surface area contributed by atoms with Crippen molar-refractivity contribution >= 4 is 23.5 Å². The second-order valence-electron chi connectivity index (χ2n) is 11.0. The van der Waals surface area contributed by atoms with E-state index in [1.165, 1.54) is 17.7 Å². The summed E-state index contributed by atoms with van der Waals surface area (Å²) in [7, 11) is 1.60. The standard InChI is InChI=1S/C35H32N2O6/c1-22(8-9-23-6-4-3-5-7-23)43-32-18-28(14-15-31(32)42-2)37-21-27-11-10-24(16-29(27)34(37)39)19-36-20-26-13-12-25(35(40)41)17-30(26)33(36)38/h3-7,10-18,22H,8-9,19-21H2,1-2H3,(H,40,41). The van der Waals surface area contributed by atoms with Crippen LogP contribution in [0.3, 0.4) is 0 Å². The van der Waals surface area contributed by atoms with Gasteiger partial charge in [-0.3, -0.25) is 9.59 Å². The van der Waals surface area contributed by atoms with E-state index in [1.807, 2.05) is 61.5 Å². The highest BCUT2D eigenvalue weighted by Gasteiger charge is 2.32. The van der Waals surface area contributed by atoms with Crippen molar-refractivity contribution in [3.05, 3.63) is 124 Å². The number of carbonyl (C=O) groups excluding carboxylic acids is 2. The summed E-state index contributed by atoms with van der Waals surface area (Å²) in [5.41, 5.74) is 5.61. The molecule has 0 radical (unpaired) electrons. The molecule has 1 unspecified atom stereocenters. The van der Waals surface area contributed by atoms with Gasteiger partial charge in [-0.1, -0.05) is 48.5 Å². The molecule has 43 heavy (non-hydrogen) atoms. The number of hydrogen-bond acceptors (Lipinski definition) is 5. The van der Waals surface area contributed by atoms with Crippen LogP contribution in [0.1, 0.15) is 66.7 Å². The maximum absolute atomic E-state index is 13.6. The van der Waals surface area contributed by atoms with Gasteiger partial charge in [-0.25, -0.2) is 4.79 Å². The Morgan fingerprint density at radius 2 is 1.58 bits per heavy atom. The molecule has 0 saturated carbocycles. The van der Waals surface area contributed by atoms with Crippen LogP contribution in [0.25, 0.3) is 0 Å². The molecule has 0 saturated heterocycles. The molecule has 4 aromatic carbocycles. The number of amides is 2. The molecule has 0 aromatic heterocycles. The van der Waals surface area contributed by atoms with Gasteiger partial charge in [-0.05, 0) is 72.4 Å². The zero-order chi connectivity index (χ0) is 30.1. The Balaban J connectivity index is 1.15. The van der Waals surface area contributed by atoms with E-state index < -0.39 is 5.97 Å². The van der Waals surface area contributed by atoms with Gasteiger partial charge in [0.25, 0.3) is 11.8 Å². The highest BCUT2D eigenvalue weighted by Crippen LogP contribution is 2.37. The van der Waals surface area contributed by atoms with E-state index in [4.69, 9.17) is 9.47 Å². The number of nitrogens with zero attached hydrogens (tertiary/aromatic N) is 2. The van der Waals surface area contributed by atoms with Crippen LogP contribution < -0.4 is 14.4 Å². The predicted octanol–water partition coefficient (Wildman–Crippen LogP) is 6.11. The fourth-order valence-electron chi connectivity index (χ4n) is 5.71. The highest BCUT2D eigenvalue weighted by atomic mass is 16.5. The van der Waals surface area contributed by atoms with E-state index >= 15 is 0 Å². The minimum atomic E-state index is -1.07. The molecule has 0 bridgehead atoms. The average molecular weight is 577 g/mol. The van der Waals surface area contributed by atoms with E-state index in [1.54, 1.807) is 23.0 Å². The van der Waals surface area contributed by atoms with Crippen LogP contribution in [0, 0.1) is 0 Å². The van der Waals surface area contributed by atoms with E-state index in [2.05, 4.69) is 12.1 Å². The third-order valence-electron chi connectivity index (χ3n) is 8.06. The fraction of sp³-hybridized carbons (Fsp3) is 0.229. The Hall–Kier alpha value is -5.11. The Bertz CT molecular complexity index is 1720. The number of anilines is 1. The minimum Gasteiger partial charge on any atom is -0.493 e. The molecule has 2 aliphatic rings. The molecule has 2 aliphatic heterocycles. The average Bonchev–Trinajstić information content (AvgIpc) is 3.51. The van der Waals surface area contributed by atoms with Crippen molar-refractivity contribution in [2.45, 2.75) is 45.5 Å². The molecule has 1 atom stereocenters. The summed E-state index contributed by atoms with van der Waals surface area (Å²) in [6.45, 7) is 3.17. The number of carboxylic acids is 1. The smallest absolute Gasteiger partial charge is 0.335 e. The van der Waals surface area contributed by atoms with Gasteiger partial charge in [0.05, 0.1) is 25.3 Å². The van der Waals surface area contributed by atoms with E-state index in [0.717, 1.165) is 29.5 Å². The normalized spacial score (nSPS) is 14.5. The van der Waals surface area contributed by atoms with Crippen molar-refractivity contribution in [2.75, 3.05) is 12.0 Å². The van der Waals surface area contributed by atoms with Gasteiger partial charge in [0, 0.05) is 36.0 Å². The van der Waals surface area contributed by atoms with Gasteiger partial charge in [0.2, 0.25) is 0 Å². The molecule has 0 aliphatic carbocycles. The first kappa shape index (κ1) is 28.0. The van der Waals surface area contributed by atoms with Crippen molar-refractivity contribution in [1.29, 1.82) is 0 Å². The summed E-state index contributed by atoms with van der Waals surface area (Å²) in [6.07, 6.45) is 1.66. The van der Waals surface area contributed by atoms with Crippen LogP contribution >= 0.6 is 0 Å². The molecule has 0 spiro atoms. The molecule has 0 fully saturated rings. The molecule has 2 amide bonds. The maximum atomic E-state index is 13.6. The van der Waals surface area contributed by atoms with E-state index in [9.17, 15) is 19.5 Å². The van der Waals surface area contributed by atoms with Gasteiger partial charge in [-0.15, -0.1) is 0 Å². The lowest BCUT2D eigenvalue weighted by molar-refractivity contribution is 0.0696. The summed E-state index contributed by atoms with van der Waals surface area (Å²) in [5, 5.41) is 9.29. The molecule has 4 aromatic rings. The Labute approximate surface area is 250 Å². The first-order chi connectivity index (χ1) is 20.8. The van der Waals surface area contributed by atoms with Crippen LogP contribution in [0.15, 0.2) is 84.9 Å². The summed E-state index contributed by atoms with van der Waals surface area (Å²) >= 11 is 0. The lowest BCUT2D eigenvalue weighted by Gasteiger charge is -2.21. The summed E-state index contributed by atoms with van der Waals surface area (Å²) in [4.78, 5) is 41.4. The second-order valence-corrected chi connectivity index (χ2v) is 11.0. The second kappa shape index (κ2) is 11.6. The van der Waals surface area contributed by atoms with Crippen LogP contribution in [0.5, 0.6) is 11.5 Å². The molecule has 218 valence electrons. The number of aromatic carboxylic acids is 1. The van der Waals surface area contributed by atoms with Gasteiger partial charge in [0.15, 0.2) is 11.5 Å². The van der Waals surface area contributed by atoms with Gasteiger partial charge >= 0.3 is 5.97 Å². The van der Waals surface area contributed by atoms with Crippen LogP contribution in [0.4, 0.5) is 5.69 Å². The van der Waals surface area contributed by atoms with Crippen molar-refractivity contribution in [1.82, 2.24) is 4.90 Å². The van der Waals surface area contributed by atoms with Crippen molar-refractivity contribution < 1.29 is 29.0 Å². The summed E-state index contributed by atoms with van der Waals surface area (Å²) in [6, 6.07) is 26.2. The minimum absolute atomic E-state index is 0.0615. The summed E-state index contributed by atoms with van der Waals surface area (Å²) < 4.78 is 11.8. The van der Waals surface area contributed by atoms with Gasteiger partial charge in [-0.2, -0.15) is 0 Å². The van der Waals surface area contributed by atoms with Crippen molar-refractivity contribution in [2.24, 2.45) is 0 Å². The van der Waals surface area contributed by atoms with Crippen LogP contribution in [-0.4, -0.2) is 41.0 Å². The first-order valence-corrected chi connectivity index (χ1v) is 14.3. The zero-order valence-electron chi connectivity index (χ0n) is 24.1. The monoisotopic (exact) mass is 576 g/mol. The number of ether oxygens (including phenoxy) is 2. The zero-order valence-corrected chi connectivity index (χ0v) is 24.1. The highest BCUT2D eigenvalue weighted by molar-refractivity contribution is 6.10. The van der Waals surface area contributed by atoms with Gasteiger partial charge < -0.3 is 24.4 Å². The maximum Gasteiger partial charge on any atom is 0.335 e. The number of aryl methyl sites for hydroxylation is 1. The molecule has 2 heterocycles. The van der Waals surface area contributed by atoms with Crippen LogP contribution in [-0.2, 0) is 26.1 Å². The Kier molecular flexibility index (Phi) is 7.59.